The minimum absolute atomic E-state index is 0.122. The molecule has 2 amide bonds. The second kappa shape index (κ2) is 12.5. The van der Waals surface area contributed by atoms with Gasteiger partial charge in [0, 0.05) is 30.4 Å². The maximum atomic E-state index is 14.3. The smallest absolute Gasteiger partial charge is 0.312 e. The number of anilines is 1. The largest absolute Gasteiger partial charge is 0.465 e. The van der Waals surface area contributed by atoms with Gasteiger partial charge in [-0.2, -0.15) is 0 Å². The summed E-state index contributed by atoms with van der Waals surface area (Å²) in [6.45, 7) is 8.41. The number of unbranched alkanes of at least 4 members (excludes halogenated alkanes) is 3. The van der Waals surface area contributed by atoms with Crippen molar-refractivity contribution in [3.63, 3.8) is 0 Å². The number of aliphatic hydroxyl groups is 1. The zero-order valence-electron chi connectivity index (χ0n) is 21.7. The van der Waals surface area contributed by atoms with E-state index in [2.05, 4.69) is 13.2 Å². The molecule has 8 nitrogen and oxygen atoms in total. The molecule has 0 aliphatic carbocycles. The van der Waals surface area contributed by atoms with Gasteiger partial charge in [-0.3, -0.25) is 14.4 Å². The number of rotatable bonds is 14. The summed E-state index contributed by atoms with van der Waals surface area (Å²) in [6.07, 6.45) is 7.50. The molecule has 3 saturated heterocycles. The van der Waals surface area contributed by atoms with E-state index in [4.69, 9.17) is 26.2 Å². The number of carbonyl (C=O) groups excluding carboxylic acids is 3. The molecule has 3 aliphatic rings. The van der Waals surface area contributed by atoms with E-state index in [1.807, 2.05) is 0 Å². The van der Waals surface area contributed by atoms with E-state index in [-0.39, 0.29) is 31.6 Å². The molecule has 206 valence electrons. The molecule has 38 heavy (non-hydrogen) atoms. The summed E-state index contributed by atoms with van der Waals surface area (Å²) in [5, 5.41) is 9.66. The van der Waals surface area contributed by atoms with Crippen LogP contribution < -0.4 is 4.90 Å². The van der Waals surface area contributed by atoms with Crippen LogP contribution in [0.2, 0.25) is 5.02 Å². The molecule has 0 radical (unpaired) electrons. The molecular formula is C29H37ClN2O6. The van der Waals surface area contributed by atoms with Crippen molar-refractivity contribution in [3.8, 4) is 0 Å². The van der Waals surface area contributed by atoms with Crippen molar-refractivity contribution in [3.05, 3.63) is 54.6 Å². The highest BCUT2D eigenvalue weighted by atomic mass is 35.5. The van der Waals surface area contributed by atoms with Gasteiger partial charge in [0.2, 0.25) is 5.91 Å². The number of hydrogen-bond donors (Lipinski definition) is 1. The van der Waals surface area contributed by atoms with Gasteiger partial charge in [-0.25, -0.2) is 0 Å². The molecule has 3 aliphatic heterocycles. The molecule has 2 bridgehead atoms. The zero-order chi connectivity index (χ0) is 27.3. The van der Waals surface area contributed by atoms with Crippen LogP contribution in [0.3, 0.4) is 0 Å². The first kappa shape index (κ1) is 28.3. The maximum absolute atomic E-state index is 14.3. The highest BCUT2D eigenvalue weighted by molar-refractivity contribution is 6.30. The van der Waals surface area contributed by atoms with Crippen LogP contribution in [0.5, 0.6) is 0 Å². The van der Waals surface area contributed by atoms with Crippen LogP contribution in [0.25, 0.3) is 0 Å². The Balaban J connectivity index is 1.67. The van der Waals surface area contributed by atoms with Gasteiger partial charge in [-0.05, 0) is 56.4 Å². The molecular weight excluding hydrogens is 508 g/mol. The predicted molar refractivity (Wildman–Crippen MR) is 145 cm³/mol. The molecule has 4 rings (SSSR count). The summed E-state index contributed by atoms with van der Waals surface area (Å²) in [5.41, 5.74) is -0.444. The Hall–Kier alpha value is -2.68. The normalized spacial score (nSPS) is 27.3. The molecule has 1 aromatic carbocycles. The average Bonchev–Trinajstić information content (AvgIpc) is 3.55. The molecule has 3 heterocycles. The fraction of sp³-hybridized carbons (Fsp3) is 0.552. The molecule has 3 fully saturated rings. The minimum atomic E-state index is -1.09. The second-order valence-electron chi connectivity index (χ2n) is 10.2. The van der Waals surface area contributed by atoms with Gasteiger partial charge in [0.25, 0.3) is 5.91 Å². The van der Waals surface area contributed by atoms with Crippen molar-refractivity contribution in [2.45, 2.75) is 62.7 Å². The van der Waals surface area contributed by atoms with Crippen molar-refractivity contribution in [2.24, 2.45) is 11.8 Å². The first-order valence-electron chi connectivity index (χ1n) is 13.4. The number of aliphatic hydroxyl groups excluding tert-OH is 1. The fourth-order valence-electron chi connectivity index (χ4n) is 6.25. The van der Waals surface area contributed by atoms with Crippen molar-refractivity contribution >= 4 is 35.1 Å². The first-order chi connectivity index (χ1) is 18.4. The predicted octanol–water partition coefficient (Wildman–Crippen LogP) is 3.91. The van der Waals surface area contributed by atoms with Gasteiger partial charge in [-0.1, -0.05) is 36.6 Å². The van der Waals surface area contributed by atoms with E-state index < -0.39 is 35.6 Å². The number of esters is 1. The van der Waals surface area contributed by atoms with E-state index in [0.29, 0.717) is 49.4 Å². The highest BCUT2D eigenvalue weighted by Gasteiger charge is 2.75. The molecule has 5 atom stereocenters. The quantitative estimate of drug-likeness (QED) is 0.217. The molecule has 1 aromatic rings. The Kier molecular flexibility index (Phi) is 9.28. The minimum Gasteiger partial charge on any atom is -0.465 e. The van der Waals surface area contributed by atoms with Crippen LogP contribution in [0.15, 0.2) is 49.6 Å². The number of fused-ring (bicyclic) bond motifs is 1. The van der Waals surface area contributed by atoms with Crippen LogP contribution in [0.1, 0.15) is 44.9 Å². The Labute approximate surface area is 229 Å². The second-order valence-corrected chi connectivity index (χ2v) is 10.6. The Bertz CT molecular complexity index is 1050. The Morgan fingerprint density at radius 2 is 1.92 bits per heavy atom. The lowest BCUT2D eigenvalue weighted by Gasteiger charge is -2.36. The highest BCUT2D eigenvalue weighted by Crippen LogP contribution is 2.59. The lowest BCUT2D eigenvalue weighted by atomic mass is 9.70. The average molecular weight is 545 g/mol. The number of halogens is 1. The molecule has 0 aromatic heterocycles. The molecule has 2 unspecified atom stereocenters. The Morgan fingerprint density at radius 1 is 1.18 bits per heavy atom. The molecule has 1 N–H and O–H groups in total. The number of ether oxygens (including phenoxy) is 2. The summed E-state index contributed by atoms with van der Waals surface area (Å²) in [6, 6.07) is 6.09. The number of hydrogen-bond acceptors (Lipinski definition) is 6. The fourth-order valence-corrected chi connectivity index (χ4v) is 6.37. The molecule has 0 saturated carbocycles. The third kappa shape index (κ3) is 5.26. The van der Waals surface area contributed by atoms with E-state index in [1.165, 1.54) is 0 Å². The van der Waals surface area contributed by atoms with E-state index in [0.717, 1.165) is 12.8 Å². The van der Waals surface area contributed by atoms with Crippen molar-refractivity contribution in [1.29, 1.82) is 0 Å². The monoisotopic (exact) mass is 544 g/mol. The maximum Gasteiger partial charge on any atom is 0.312 e. The van der Waals surface area contributed by atoms with E-state index >= 15 is 0 Å². The number of benzene rings is 1. The summed E-state index contributed by atoms with van der Waals surface area (Å²) >= 11 is 6.09. The molecule has 9 heteroatoms. The SMILES string of the molecule is C=CCCOC(=O)[C@@H]1[C@H]2C(=O)N(CCCCCCO)C(C(=O)N(CC=C)c3ccc(Cl)cc3)C23CC[C@H]1O3. The summed E-state index contributed by atoms with van der Waals surface area (Å²) in [7, 11) is 0. The summed E-state index contributed by atoms with van der Waals surface area (Å²) in [4.78, 5) is 44.7. The third-order valence-corrected chi connectivity index (χ3v) is 8.15. The van der Waals surface area contributed by atoms with Crippen molar-refractivity contribution in [1.82, 2.24) is 4.90 Å². The van der Waals surface area contributed by atoms with Gasteiger partial charge in [0.1, 0.15) is 11.6 Å². The molecule has 1 spiro atoms. The zero-order valence-corrected chi connectivity index (χ0v) is 22.5. The van der Waals surface area contributed by atoms with Crippen LogP contribution >= 0.6 is 11.6 Å². The number of likely N-dealkylation sites (tertiary alicyclic amines) is 1. The van der Waals surface area contributed by atoms with Gasteiger partial charge in [-0.15, -0.1) is 13.2 Å². The summed E-state index contributed by atoms with van der Waals surface area (Å²) < 4.78 is 12.0. The standard InChI is InChI=1S/C29H37ClN2O6/c1-3-5-19-37-28(36)23-22-14-15-29(38-22)24(23)26(34)32(17-8-6-7-9-18-33)25(29)27(35)31(16-4-2)21-12-10-20(30)11-13-21/h3-4,10-13,22-25,33H,1-2,5-9,14-19H2/t22-,23+,24+,25?,29?/m1/s1. The van der Waals surface area contributed by atoms with Gasteiger partial charge in [0.15, 0.2) is 0 Å². The topological polar surface area (TPSA) is 96.4 Å². The van der Waals surface area contributed by atoms with E-state index in [9.17, 15) is 14.4 Å². The van der Waals surface area contributed by atoms with Crippen LogP contribution in [0.4, 0.5) is 5.69 Å². The van der Waals surface area contributed by atoms with Gasteiger partial charge < -0.3 is 24.4 Å². The lowest BCUT2D eigenvalue weighted by molar-refractivity contribution is -0.155. The number of amides is 2. The third-order valence-electron chi connectivity index (χ3n) is 7.90. The Morgan fingerprint density at radius 3 is 2.61 bits per heavy atom. The summed E-state index contributed by atoms with van der Waals surface area (Å²) in [5.74, 6) is -2.44. The van der Waals surface area contributed by atoms with Crippen molar-refractivity contribution in [2.75, 3.05) is 31.2 Å². The van der Waals surface area contributed by atoms with Crippen LogP contribution in [-0.4, -0.2) is 71.8 Å². The number of nitrogens with zero attached hydrogens (tertiary/aromatic N) is 2. The number of carbonyl (C=O) groups is 3. The van der Waals surface area contributed by atoms with E-state index in [1.54, 1.807) is 46.2 Å². The first-order valence-corrected chi connectivity index (χ1v) is 13.8. The van der Waals surface area contributed by atoms with Crippen LogP contribution in [0, 0.1) is 11.8 Å². The van der Waals surface area contributed by atoms with Crippen molar-refractivity contribution < 1.29 is 29.0 Å². The lowest BCUT2D eigenvalue weighted by Crippen LogP contribution is -2.56. The van der Waals surface area contributed by atoms with Gasteiger partial charge in [0.05, 0.1) is 24.5 Å². The van der Waals surface area contributed by atoms with Gasteiger partial charge >= 0.3 is 5.97 Å². The van der Waals surface area contributed by atoms with Crippen LogP contribution in [-0.2, 0) is 23.9 Å².